The molecule has 0 aromatic rings. The maximum absolute atomic E-state index is 5.20. The molecule has 2 fully saturated rings. The molecule has 0 aromatic heterocycles. The summed E-state index contributed by atoms with van der Waals surface area (Å²) >= 11 is 0. The number of hydrogen-bond acceptors (Lipinski definition) is 4. The van der Waals surface area contributed by atoms with E-state index in [-0.39, 0.29) is 12.6 Å². The Bertz CT molecular complexity index is 128. The highest BCUT2D eigenvalue weighted by Crippen LogP contribution is 2.06. The Morgan fingerprint density at radius 1 is 0.929 bits per heavy atom. The summed E-state index contributed by atoms with van der Waals surface area (Å²) in [4.78, 5) is 0. The van der Waals surface area contributed by atoms with Gasteiger partial charge in [0.25, 0.3) is 0 Å². The summed E-state index contributed by atoms with van der Waals surface area (Å²) in [6, 6.07) is 0. The van der Waals surface area contributed by atoms with Crippen LogP contribution in [0.15, 0.2) is 0 Å². The molecule has 0 unspecified atom stereocenters. The standard InChI is InChI=1S/C6H12O2.C4H8O2/c1-2-6-7-4-3-5-8-6;1-4-5-2-3-6-4/h6H,2-5H2,1H3;4H,2-3H2,1H3. The van der Waals surface area contributed by atoms with Crippen molar-refractivity contribution in [1.29, 1.82) is 0 Å². The zero-order valence-corrected chi connectivity index (χ0v) is 9.03. The van der Waals surface area contributed by atoms with Gasteiger partial charge >= 0.3 is 0 Å². The molecule has 2 aliphatic heterocycles. The van der Waals surface area contributed by atoms with Crippen molar-refractivity contribution in [2.75, 3.05) is 26.4 Å². The molecule has 0 amide bonds. The minimum Gasteiger partial charge on any atom is -0.353 e. The Balaban J connectivity index is 0.000000146. The molecular formula is C10H20O4. The van der Waals surface area contributed by atoms with Crippen molar-refractivity contribution in [2.24, 2.45) is 0 Å². The first-order valence-corrected chi connectivity index (χ1v) is 5.29. The first-order valence-electron chi connectivity index (χ1n) is 5.29. The fourth-order valence-corrected chi connectivity index (χ4v) is 1.25. The predicted molar refractivity (Wildman–Crippen MR) is 52.0 cm³/mol. The van der Waals surface area contributed by atoms with Crippen molar-refractivity contribution in [3.8, 4) is 0 Å². The van der Waals surface area contributed by atoms with Crippen molar-refractivity contribution in [2.45, 2.75) is 39.3 Å². The molecule has 0 radical (unpaired) electrons. The molecule has 0 aliphatic carbocycles. The van der Waals surface area contributed by atoms with Crippen LogP contribution in [-0.4, -0.2) is 39.0 Å². The van der Waals surface area contributed by atoms with Gasteiger partial charge in [-0.25, -0.2) is 0 Å². The van der Waals surface area contributed by atoms with Crippen LogP contribution in [0.5, 0.6) is 0 Å². The lowest BCUT2D eigenvalue weighted by Gasteiger charge is -2.21. The average Bonchev–Trinajstić information content (AvgIpc) is 2.71. The summed E-state index contributed by atoms with van der Waals surface area (Å²) in [6.07, 6.45) is 2.16. The van der Waals surface area contributed by atoms with Crippen molar-refractivity contribution in [3.05, 3.63) is 0 Å². The van der Waals surface area contributed by atoms with E-state index in [4.69, 9.17) is 18.9 Å². The quantitative estimate of drug-likeness (QED) is 0.649. The summed E-state index contributed by atoms with van der Waals surface area (Å²) in [5.41, 5.74) is 0. The first-order chi connectivity index (χ1) is 6.83. The normalized spacial score (nSPS) is 24.4. The molecule has 84 valence electrons. The van der Waals surface area contributed by atoms with E-state index in [1.54, 1.807) is 0 Å². The van der Waals surface area contributed by atoms with Gasteiger partial charge in [0.2, 0.25) is 0 Å². The molecular weight excluding hydrogens is 184 g/mol. The summed E-state index contributed by atoms with van der Waals surface area (Å²) in [7, 11) is 0. The van der Waals surface area contributed by atoms with E-state index in [1.165, 1.54) is 0 Å². The van der Waals surface area contributed by atoms with Crippen LogP contribution in [-0.2, 0) is 18.9 Å². The van der Waals surface area contributed by atoms with Crippen molar-refractivity contribution >= 4 is 0 Å². The Kier molecular flexibility index (Phi) is 6.10. The molecule has 2 rings (SSSR count). The van der Waals surface area contributed by atoms with E-state index in [9.17, 15) is 0 Å². The third-order valence-electron chi connectivity index (χ3n) is 2.02. The van der Waals surface area contributed by atoms with Gasteiger partial charge in [-0.3, -0.25) is 0 Å². The lowest BCUT2D eigenvalue weighted by molar-refractivity contribution is -0.178. The smallest absolute Gasteiger partial charge is 0.157 e. The third kappa shape index (κ3) is 4.91. The largest absolute Gasteiger partial charge is 0.353 e. The summed E-state index contributed by atoms with van der Waals surface area (Å²) in [5, 5.41) is 0. The lowest BCUT2D eigenvalue weighted by Crippen LogP contribution is -2.23. The second-order valence-corrected chi connectivity index (χ2v) is 3.24. The van der Waals surface area contributed by atoms with Gasteiger partial charge in [0.05, 0.1) is 26.4 Å². The number of hydrogen-bond donors (Lipinski definition) is 0. The monoisotopic (exact) mass is 204 g/mol. The van der Waals surface area contributed by atoms with E-state index in [0.29, 0.717) is 0 Å². The van der Waals surface area contributed by atoms with Crippen molar-refractivity contribution < 1.29 is 18.9 Å². The Hall–Kier alpha value is -0.160. The van der Waals surface area contributed by atoms with Gasteiger partial charge in [-0.15, -0.1) is 0 Å². The number of ether oxygens (including phenoxy) is 4. The van der Waals surface area contributed by atoms with Crippen LogP contribution in [0.25, 0.3) is 0 Å². The van der Waals surface area contributed by atoms with E-state index >= 15 is 0 Å². The van der Waals surface area contributed by atoms with Crippen LogP contribution in [0.2, 0.25) is 0 Å². The van der Waals surface area contributed by atoms with Crippen LogP contribution < -0.4 is 0 Å². The molecule has 0 aromatic carbocycles. The van der Waals surface area contributed by atoms with Crippen molar-refractivity contribution in [3.63, 3.8) is 0 Å². The minimum atomic E-state index is 0.0463. The highest BCUT2D eigenvalue weighted by Gasteiger charge is 2.09. The summed E-state index contributed by atoms with van der Waals surface area (Å²) < 4.78 is 20.3. The predicted octanol–water partition coefficient (Wildman–Crippen LogP) is 1.54. The Morgan fingerprint density at radius 2 is 1.50 bits per heavy atom. The molecule has 0 N–H and O–H groups in total. The van der Waals surface area contributed by atoms with E-state index < -0.39 is 0 Å². The van der Waals surface area contributed by atoms with Gasteiger partial charge in [0.15, 0.2) is 12.6 Å². The van der Waals surface area contributed by atoms with Gasteiger partial charge in [-0.05, 0) is 19.8 Å². The van der Waals surface area contributed by atoms with Gasteiger partial charge < -0.3 is 18.9 Å². The van der Waals surface area contributed by atoms with Gasteiger partial charge in [-0.2, -0.15) is 0 Å². The van der Waals surface area contributed by atoms with E-state index in [2.05, 4.69) is 6.92 Å². The fraction of sp³-hybridized carbons (Fsp3) is 1.00. The summed E-state index contributed by atoms with van der Waals surface area (Å²) in [5.74, 6) is 0. The zero-order valence-electron chi connectivity index (χ0n) is 9.03. The highest BCUT2D eigenvalue weighted by molar-refractivity contribution is 4.47. The fourth-order valence-electron chi connectivity index (χ4n) is 1.25. The minimum absolute atomic E-state index is 0.0463. The topological polar surface area (TPSA) is 36.9 Å². The van der Waals surface area contributed by atoms with Gasteiger partial charge in [-0.1, -0.05) is 6.92 Å². The molecule has 14 heavy (non-hydrogen) atoms. The maximum atomic E-state index is 5.20. The van der Waals surface area contributed by atoms with Crippen LogP contribution >= 0.6 is 0 Å². The molecule has 4 heteroatoms. The molecule has 0 saturated carbocycles. The lowest BCUT2D eigenvalue weighted by atomic mass is 10.4. The number of rotatable bonds is 1. The van der Waals surface area contributed by atoms with Crippen LogP contribution in [0.3, 0.4) is 0 Å². The van der Waals surface area contributed by atoms with Crippen LogP contribution in [0.1, 0.15) is 26.7 Å². The van der Waals surface area contributed by atoms with Crippen LogP contribution in [0.4, 0.5) is 0 Å². The Morgan fingerprint density at radius 3 is 1.79 bits per heavy atom. The van der Waals surface area contributed by atoms with E-state index in [1.807, 2.05) is 6.92 Å². The summed E-state index contributed by atoms with van der Waals surface area (Å²) in [6.45, 7) is 7.24. The zero-order chi connectivity index (χ0) is 10.2. The molecule has 2 heterocycles. The van der Waals surface area contributed by atoms with E-state index in [0.717, 1.165) is 39.3 Å². The maximum Gasteiger partial charge on any atom is 0.157 e. The average molecular weight is 204 g/mol. The molecule has 2 aliphatic rings. The molecule has 0 spiro atoms. The Labute approximate surface area is 85.5 Å². The third-order valence-corrected chi connectivity index (χ3v) is 2.02. The highest BCUT2D eigenvalue weighted by atomic mass is 16.7. The van der Waals surface area contributed by atoms with Crippen molar-refractivity contribution in [1.82, 2.24) is 0 Å². The second kappa shape index (κ2) is 7.17. The molecule has 2 saturated heterocycles. The van der Waals surface area contributed by atoms with Gasteiger partial charge in [0, 0.05) is 0 Å². The second-order valence-electron chi connectivity index (χ2n) is 3.24. The first kappa shape index (κ1) is 11.9. The molecule has 0 bridgehead atoms. The van der Waals surface area contributed by atoms with Gasteiger partial charge in [0.1, 0.15) is 0 Å². The molecule has 4 nitrogen and oxygen atoms in total. The van der Waals surface area contributed by atoms with Crippen LogP contribution in [0, 0.1) is 0 Å². The molecule has 0 atom stereocenters. The SMILES string of the molecule is CC1OCCO1.CCC1OCCCO1.